The summed E-state index contributed by atoms with van der Waals surface area (Å²) in [5, 5.41) is 5.31. The Morgan fingerprint density at radius 2 is 1.61 bits per heavy atom. The summed E-state index contributed by atoms with van der Waals surface area (Å²) >= 11 is 0. The van der Waals surface area contributed by atoms with Gasteiger partial charge in [-0.15, -0.1) is 0 Å². The zero-order chi connectivity index (χ0) is 20.3. The SMILES string of the molecule is CCOc1ccccc1NC(=O)C1CC1C(=O)Nc1ccc(C(F)(F)F)cc1. The van der Waals surface area contributed by atoms with Crippen LogP contribution in [0.5, 0.6) is 5.75 Å². The first kappa shape index (κ1) is 19.7. The van der Waals surface area contributed by atoms with E-state index < -0.39 is 29.5 Å². The van der Waals surface area contributed by atoms with Crippen LogP contribution in [-0.4, -0.2) is 18.4 Å². The van der Waals surface area contributed by atoms with E-state index in [1.54, 1.807) is 24.3 Å². The highest BCUT2D eigenvalue weighted by Gasteiger charge is 2.48. The number of anilines is 2. The van der Waals surface area contributed by atoms with Gasteiger partial charge in [-0.05, 0) is 49.7 Å². The van der Waals surface area contributed by atoms with Crippen LogP contribution < -0.4 is 15.4 Å². The molecule has 0 heterocycles. The molecule has 28 heavy (non-hydrogen) atoms. The molecule has 2 amide bonds. The molecule has 1 aliphatic rings. The summed E-state index contributed by atoms with van der Waals surface area (Å²) in [6.07, 6.45) is -4.05. The van der Waals surface area contributed by atoms with Crippen molar-refractivity contribution in [3.63, 3.8) is 0 Å². The number of carbonyl (C=O) groups is 2. The fraction of sp³-hybridized carbons (Fsp3) is 0.300. The first-order valence-electron chi connectivity index (χ1n) is 8.80. The molecular formula is C20H19F3N2O3. The highest BCUT2D eigenvalue weighted by Crippen LogP contribution is 2.41. The van der Waals surface area contributed by atoms with E-state index in [1.807, 2.05) is 6.92 Å². The maximum atomic E-state index is 12.6. The molecular weight excluding hydrogens is 373 g/mol. The molecule has 2 unspecified atom stereocenters. The monoisotopic (exact) mass is 392 g/mol. The number of rotatable bonds is 6. The maximum absolute atomic E-state index is 12.6. The van der Waals surface area contributed by atoms with Crippen molar-refractivity contribution in [2.75, 3.05) is 17.2 Å². The smallest absolute Gasteiger partial charge is 0.416 e. The number of carbonyl (C=O) groups excluding carboxylic acids is 2. The quantitative estimate of drug-likeness (QED) is 0.770. The van der Waals surface area contributed by atoms with Crippen molar-refractivity contribution in [2.45, 2.75) is 19.5 Å². The van der Waals surface area contributed by atoms with Crippen molar-refractivity contribution in [1.29, 1.82) is 0 Å². The molecule has 148 valence electrons. The Morgan fingerprint density at radius 3 is 2.21 bits per heavy atom. The predicted octanol–water partition coefficient (Wildman–Crippen LogP) is 4.32. The van der Waals surface area contributed by atoms with E-state index in [9.17, 15) is 22.8 Å². The summed E-state index contributed by atoms with van der Waals surface area (Å²) < 4.78 is 43.2. The van der Waals surface area contributed by atoms with Crippen LogP contribution in [0.25, 0.3) is 0 Å². The van der Waals surface area contributed by atoms with Gasteiger partial charge in [0.25, 0.3) is 0 Å². The van der Waals surface area contributed by atoms with Crippen molar-refractivity contribution < 1.29 is 27.5 Å². The van der Waals surface area contributed by atoms with Gasteiger partial charge in [-0.1, -0.05) is 12.1 Å². The number of nitrogens with one attached hydrogen (secondary N) is 2. The lowest BCUT2D eigenvalue weighted by atomic mass is 10.2. The Morgan fingerprint density at radius 1 is 1.00 bits per heavy atom. The number of ether oxygens (including phenoxy) is 1. The minimum absolute atomic E-state index is 0.255. The highest BCUT2D eigenvalue weighted by molar-refractivity contribution is 6.03. The van der Waals surface area contributed by atoms with Crippen molar-refractivity contribution in [3.8, 4) is 5.75 Å². The van der Waals surface area contributed by atoms with Crippen LogP contribution in [0.4, 0.5) is 24.5 Å². The van der Waals surface area contributed by atoms with Crippen LogP contribution in [0.15, 0.2) is 48.5 Å². The van der Waals surface area contributed by atoms with E-state index in [-0.39, 0.29) is 11.6 Å². The molecule has 3 rings (SSSR count). The second-order valence-electron chi connectivity index (χ2n) is 6.43. The topological polar surface area (TPSA) is 67.4 Å². The Hall–Kier alpha value is -3.03. The number of halogens is 3. The first-order valence-corrected chi connectivity index (χ1v) is 8.80. The normalized spacial score (nSPS) is 18.3. The molecule has 1 saturated carbocycles. The number of hydrogen-bond acceptors (Lipinski definition) is 3. The van der Waals surface area contributed by atoms with E-state index >= 15 is 0 Å². The van der Waals surface area contributed by atoms with E-state index in [1.165, 1.54) is 12.1 Å². The van der Waals surface area contributed by atoms with Gasteiger partial charge in [-0.25, -0.2) is 0 Å². The van der Waals surface area contributed by atoms with Crippen LogP contribution in [0.2, 0.25) is 0 Å². The van der Waals surface area contributed by atoms with Crippen LogP contribution in [0.3, 0.4) is 0 Å². The molecule has 1 aliphatic carbocycles. The van der Waals surface area contributed by atoms with Gasteiger partial charge in [0, 0.05) is 5.69 Å². The van der Waals surface area contributed by atoms with Gasteiger partial charge in [0.05, 0.1) is 29.7 Å². The molecule has 2 atom stereocenters. The molecule has 0 radical (unpaired) electrons. The average Bonchev–Trinajstić information content (AvgIpc) is 3.44. The highest BCUT2D eigenvalue weighted by atomic mass is 19.4. The maximum Gasteiger partial charge on any atom is 0.416 e. The summed E-state index contributed by atoms with van der Waals surface area (Å²) in [5.41, 5.74) is -0.00367. The van der Waals surface area contributed by atoms with E-state index in [0.29, 0.717) is 24.5 Å². The third kappa shape index (κ3) is 4.62. The Balaban J connectivity index is 1.56. The third-order valence-electron chi connectivity index (χ3n) is 4.39. The van der Waals surface area contributed by atoms with Gasteiger partial charge >= 0.3 is 6.18 Å². The van der Waals surface area contributed by atoms with Gasteiger partial charge in [0.2, 0.25) is 11.8 Å². The van der Waals surface area contributed by atoms with Crippen molar-refractivity contribution in [1.82, 2.24) is 0 Å². The number of alkyl halides is 3. The zero-order valence-corrected chi connectivity index (χ0v) is 15.0. The average molecular weight is 392 g/mol. The summed E-state index contributed by atoms with van der Waals surface area (Å²) in [7, 11) is 0. The van der Waals surface area contributed by atoms with E-state index in [2.05, 4.69) is 10.6 Å². The number of amides is 2. The fourth-order valence-electron chi connectivity index (χ4n) is 2.83. The summed E-state index contributed by atoms with van der Waals surface area (Å²) in [4.78, 5) is 24.6. The molecule has 5 nitrogen and oxygen atoms in total. The van der Waals surface area contributed by atoms with E-state index in [0.717, 1.165) is 12.1 Å². The Bertz CT molecular complexity index is 866. The molecule has 0 aromatic heterocycles. The van der Waals surface area contributed by atoms with Crippen molar-refractivity contribution in [2.24, 2.45) is 11.8 Å². The predicted molar refractivity (Wildman–Crippen MR) is 97.9 cm³/mol. The molecule has 0 bridgehead atoms. The molecule has 2 aromatic rings. The van der Waals surface area contributed by atoms with Gasteiger partial charge in [0.1, 0.15) is 5.75 Å². The second-order valence-corrected chi connectivity index (χ2v) is 6.43. The molecule has 0 saturated heterocycles. The lowest BCUT2D eigenvalue weighted by Gasteiger charge is -2.11. The summed E-state index contributed by atoms with van der Waals surface area (Å²) in [6.45, 7) is 2.29. The molecule has 1 fully saturated rings. The molecule has 2 aromatic carbocycles. The Kier molecular flexibility index (Phi) is 5.58. The second kappa shape index (κ2) is 7.92. The summed E-state index contributed by atoms with van der Waals surface area (Å²) in [5.74, 6) is -1.13. The fourth-order valence-corrected chi connectivity index (χ4v) is 2.83. The van der Waals surface area contributed by atoms with Gasteiger partial charge < -0.3 is 15.4 Å². The Labute approximate surface area is 159 Å². The number of para-hydroxylation sites is 2. The number of hydrogen-bond donors (Lipinski definition) is 2. The van der Waals surface area contributed by atoms with Crippen LogP contribution in [0, 0.1) is 11.8 Å². The lowest BCUT2D eigenvalue weighted by molar-refractivity contribution is -0.137. The van der Waals surface area contributed by atoms with Gasteiger partial charge in [0.15, 0.2) is 0 Å². The van der Waals surface area contributed by atoms with Crippen LogP contribution in [-0.2, 0) is 15.8 Å². The van der Waals surface area contributed by atoms with E-state index in [4.69, 9.17) is 4.74 Å². The minimum atomic E-state index is -4.43. The third-order valence-corrected chi connectivity index (χ3v) is 4.39. The number of benzene rings is 2. The molecule has 2 N–H and O–H groups in total. The largest absolute Gasteiger partial charge is 0.492 e. The molecule has 8 heteroatoms. The van der Waals surface area contributed by atoms with Crippen LogP contribution in [0.1, 0.15) is 18.9 Å². The standard InChI is InChI=1S/C20H19F3N2O3/c1-2-28-17-6-4-3-5-16(17)25-19(27)15-11-14(15)18(26)24-13-9-7-12(8-10-13)20(21,22)23/h3-10,14-15H,2,11H2,1H3,(H,24,26)(H,25,27). The first-order chi connectivity index (χ1) is 13.3. The minimum Gasteiger partial charge on any atom is -0.492 e. The van der Waals surface area contributed by atoms with Gasteiger partial charge in [-0.3, -0.25) is 9.59 Å². The zero-order valence-electron chi connectivity index (χ0n) is 15.0. The molecule has 0 aliphatic heterocycles. The molecule has 0 spiro atoms. The van der Waals surface area contributed by atoms with Crippen molar-refractivity contribution >= 4 is 23.2 Å². The van der Waals surface area contributed by atoms with Gasteiger partial charge in [-0.2, -0.15) is 13.2 Å². The van der Waals surface area contributed by atoms with Crippen molar-refractivity contribution in [3.05, 3.63) is 54.1 Å². The van der Waals surface area contributed by atoms with Crippen LogP contribution >= 0.6 is 0 Å². The lowest BCUT2D eigenvalue weighted by Crippen LogP contribution is -2.21. The summed E-state index contributed by atoms with van der Waals surface area (Å²) in [6, 6.07) is 11.2.